The minimum absolute atomic E-state index is 0.105. The predicted molar refractivity (Wildman–Crippen MR) is 106 cm³/mol. The lowest BCUT2D eigenvalue weighted by Gasteiger charge is -2.12. The molecule has 0 saturated heterocycles. The molecule has 4 nitrogen and oxygen atoms in total. The molecule has 0 bridgehead atoms. The maximum absolute atomic E-state index is 12.4. The first-order valence-electron chi connectivity index (χ1n) is 9.36. The summed E-state index contributed by atoms with van der Waals surface area (Å²) < 4.78 is 5.94. The van der Waals surface area contributed by atoms with Crippen molar-refractivity contribution in [1.82, 2.24) is 5.32 Å². The van der Waals surface area contributed by atoms with Crippen LogP contribution in [0.3, 0.4) is 0 Å². The zero-order valence-corrected chi connectivity index (χ0v) is 15.6. The number of carbonyl (C=O) groups excluding carboxylic acids is 1. The van der Waals surface area contributed by atoms with Crippen molar-refractivity contribution in [1.29, 1.82) is 5.26 Å². The second-order valence-corrected chi connectivity index (χ2v) is 6.94. The van der Waals surface area contributed by atoms with Crippen LogP contribution >= 0.6 is 0 Å². The summed E-state index contributed by atoms with van der Waals surface area (Å²) in [5.41, 5.74) is 3.10. The number of carbonyl (C=O) groups is 1. The van der Waals surface area contributed by atoms with Gasteiger partial charge < -0.3 is 10.1 Å². The van der Waals surface area contributed by atoms with Crippen molar-refractivity contribution in [3.63, 3.8) is 0 Å². The van der Waals surface area contributed by atoms with Crippen LogP contribution in [0.1, 0.15) is 42.4 Å². The molecule has 0 radical (unpaired) electrons. The second kappa shape index (κ2) is 9.05. The number of hydrogen-bond donors (Lipinski definition) is 1. The van der Waals surface area contributed by atoms with Gasteiger partial charge in [-0.05, 0) is 37.5 Å². The van der Waals surface area contributed by atoms with Crippen molar-refractivity contribution in [3.05, 3.63) is 70.8 Å². The van der Waals surface area contributed by atoms with E-state index in [1.165, 1.54) is 5.56 Å². The summed E-state index contributed by atoms with van der Waals surface area (Å²) >= 11 is 0. The lowest BCUT2D eigenvalue weighted by molar-refractivity contribution is -0.117. The summed E-state index contributed by atoms with van der Waals surface area (Å²) in [4.78, 5) is 12.4. The normalized spacial score (nSPS) is 14.6. The van der Waals surface area contributed by atoms with E-state index in [-0.39, 0.29) is 17.5 Å². The predicted octanol–water partition coefficient (Wildman–Crippen LogP) is 4.54. The standard InChI is InChI=1S/C23H24N2O2/c1-17-10-12-18(13-11-17)16-27-22-9-5-2-6-19(22)14-20(15-24)23(26)25-21-7-3-4-8-21/h2,5-6,9-14,21H,3-4,7-8,16H2,1H3,(H,25,26). The molecule has 0 spiro atoms. The van der Waals surface area contributed by atoms with Crippen LogP contribution in [0.2, 0.25) is 0 Å². The van der Waals surface area contributed by atoms with E-state index in [9.17, 15) is 10.1 Å². The molecule has 4 heteroatoms. The maximum atomic E-state index is 12.4. The van der Waals surface area contributed by atoms with Crippen molar-refractivity contribution in [2.45, 2.75) is 45.3 Å². The third-order valence-electron chi connectivity index (χ3n) is 4.79. The Morgan fingerprint density at radius 1 is 1.19 bits per heavy atom. The van der Waals surface area contributed by atoms with Crippen LogP contribution in [-0.2, 0) is 11.4 Å². The lowest BCUT2D eigenvalue weighted by atomic mass is 10.1. The van der Waals surface area contributed by atoms with Gasteiger partial charge in [-0.2, -0.15) is 5.26 Å². The van der Waals surface area contributed by atoms with Crippen LogP contribution in [-0.4, -0.2) is 11.9 Å². The highest BCUT2D eigenvalue weighted by Gasteiger charge is 2.19. The first-order chi connectivity index (χ1) is 13.2. The molecular formula is C23H24N2O2. The Morgan fingerprint density at radius 2 is 1.89 bits per heavy atom. The topological polar surface area (TPSA) is 62.1 Å². The number of aryl methyl sites for hydroxylation is 1. The van der Waals surface area contributed by atoms with Gasteiger partial charge in [0.25, 0.3) is 5.91 Å². The van der Waals surface area contributed by atoms with Gasteiger partial charge in [0.2, 0.25) is 0 Å². The molecule has 2 aromatic rings. The molecule has 0 atom stereocenters. The summed E-state index contributed by atoms with van der Waals surface area (Å²) in [7, 11) is 0. The molecule has 0 aromatic heterocycles. The Balaban J connectivity index is 1.72. The molecule has 1 saturated carbocycles. The van der Waals surface area contributed by atoms with E-state index in [1.807, 2.05) is 61.5 Å². The third-order valence-corrected chi connectivity index (χ3v) is 4.79. The molecule has 0 aliphatic heterocycles. The van der Waals surface area contributed by atoms with Gasteiger partial charge in [-0.15, -0.1) is 0 Å². The van der Waals surface area contributed by atoms with Crippen molar-refractivity contribution in [2.75, 3.05) is 0 Å². The van der Waals surface area contributed by atoms with Gasteiger partial charge in [-0.25, -0.2) is 0 Å². The van der Waals surface area contributed by atoms with Gasteiger partial charge in [0.15, 0.2) is 0 Å². The smallest absolute Gasteiger partial charge is 0.262 e. The molecule has 0 unspecified atom stereocenters. The quantitative estimate of drug-likeness (QED) is 0.608. The average molecular weight is 360 g/mol. The zero-order chi connectivity index (χ0) is 19.1. The van der Waals surface area contributed by atoms with Crippen LogP contribution < -0.4 is 10.1 Å². The second-order valence-electron chi connectivity index (χ2n) is 6.94. The number of nitriles is 1. The number of nitrogens with one attached hydrogen (secondary N) is 1. The van der Waals surface area contributed by atoms with E-state index in [0.717, 1.165) is 36.8 Å². The highest BCUT2D eigenvalue weighted by atomic mass is 16.5. The molecular weight excluding hydrogens is 336 g/mol. The van der Waals surface area contributed by atoms with Crippen molar-refractivity contribution >= 4 is 12.0 Å². The Hall–Kier alpha value is -3.06. The summed E-state index contributed by atoms with van der Waals surface area (Å²) in [6.45, 7) is 2.48. The van der Waals surface area contributed by atoms with E-state index in [4.69, 9.17) is 4.74 Å². The van der Waals surface area contributed by atoms with E-state index < -0.39 is 0 Å². The van der Waals surface area contributed by atoms with Crippen molar-refractivity contribution in [3.8, 4) is 11.8 Å². The number of para-hydroxylation sites is 1. The van der Waals surface area contributed by atoms with Crippen LogP contribution in [0.25, 0.3) is 6.08 Å². The lowest BCUT2D eigenvalue weighted by Crippen LogP contribution is -2.33. The summed E-state index contributed by atoms with van der Waals surface area (Å²) in [5.74, 6) is 0.345. The Labute approximate surface area is 160 Å². The largest absolute Gasteiger partial charge is 0.488 e. The Kier molecular flexibility index (Phi) is 6.27. The van der Waals surface area contributed by atoms with Crippen LogP contribution in [0.4, 0.5) is 0 Å². The highest BCUT2D eigenvalue weighted by molar-refractivity contribution is 6.02. The number of nitrogens with zero attached hydrogens (tertiary/aromatic N) is 1. The van der Waals surface area contributed by atoms with Crippen molar-refractivity contribution in [2.24, 2.45) is 0 Å². The fraction of sp³-hybridized carbons (Fsp3) is 0.304. The number of benzene rings is 2. The molecule has 1 aliphatic rings. The summed E-state index contributed by atoms with van der Waals surface area (Å²) in [6.07, 6.45) is 5.84. The van der Waals surface area contributed by atoms with E-state index >= 15 is 0 Å². The van der Waals surface area contributed by atoms with Gasteiger partial charge in [-0.1, -0.05) is 60.9 Å². The Bertz CT molecular complexity index is 857. The van der Waals surface area contributed by atoms with Crippen molar-refractivity contribution < 1.29 is 9.53 Å². The van der Waals surface area contributed by atoms with Gasteiger partial charge in [0.05, 0.1) is 0 Å². The van der Waals surface area contributed by atoms with E-state index in [2.05, 4.69) is 5.32 Å². The first-order valence-corrected chi connectivity index (χ1v) is 9.36. The molecule has 1 N–H and O–H groups in total. The van der Waals surface area contributed by atoms with E-state index in [1.54, 1.807) is 6.08 Å². The molecule has 1 fully saturated rings. The minimum atomic E-state index is -0.308. The van der Waals surface area contributed by atoms with Crippen LogP contribution in [0.5, 0.6) is 5.75 Å². The molecule has 138 valence electrons. The average Bonchev–Trinajstić information content (AvgIpc) is 3.19. The molecule has 2 aromatic carbocycles. The van der Waals surface area contributed by atoms with Gasteiger partial charge in [0.1, 0.15) is 24.0 Å². The van der Waals surface area contributed by atoms with Crippen LogP contribution in [0.15, 0.2) is 54.1 Å². The molecule has 27 heavy (non-hydrogen) atoms. The maximum Gasteiger partial charge on any atom is 0.262 e. The number of hydrogen-bond acceptors (Lipinski definition) is 3. The molecule has 1 aliphatic carbocycles. The third kappa shape index (κ3) is 5.21. The SMILES string of the molecule is Cc1ccc(COc2ccccc2C=C(C#N)C(=O)NC2CCCC2)cc1. The van der Waals surface area contributed by atoms with Gasteiger partial charge in [0, 0.05) is 11.6 Å². The van der Waals surface area contributed by atoms with Gasteiger partial charge in [-0.3, -0.25) is 4.79 Å². The minimum Gasteiger partial charge on any atom is -0.488 e. The fourth-order valence-corrected chi connectivity index (χ4v) is 3.21. The zero-order valence-electron chi connectivity index (χ0n) is 15.6. The molecule has 1 amide bonds. The number of rotatable bonds is 6. The molecule has 0 heterocycles. The summed E-state index contributed by atoms with van der Waals surface area (Å²) in [5, 5.41) is 12.4. The van der Waals surface area contributed by atoms with Gasteiger partial charge >= 0.3 is 0 Å². The van der Waals surface area contributed by atoms with E-state index in [0.29, 0.717) is 12.4 Å². The Morgan fingerprint density at radius 3 is 2.59 bits per heavy atom. The summed E-state index contributed by atoms with van der Waals surface area (Å²) in [6, 6.07) is 17.8. The highest BCUT2D eigenvalue weighted by Crippen LogP contribution is 2.23. The fourth-order valence-electron chi connectivity index (χ4n) is 3.21. The number of ether oxygens (including phenoxy) is 1. The monoisotopic (exact) mass is 360 g/mol. The van der Waals surface area contributed by atoms with Crippen LogP contribution in [0, 0.1) is 18.3 Å². The number of amides is 1. The molecule has 3 rings (SSSR count). The first kappa shape index (κ1) is 18.7.